The molecule has 0 spiro atoms. The van der Waals surface area contributed by atoms with Gasteiger partial charge in [-0.25, -0.2) is 13.8 Å². The number of anilines is 2. The number of hydrogen-bond donors (Lipinski definition) is 2. The Morgan fingerprint density at radius 2 is 2.13 bits per heavy atom. The summed E-state index contributed by atoms with van der Waals surface area (Å²) in [5, 5.41) is 14.1. The molecule has 2 N–H and O–H groups in total. The maximum absolute atomic E-state index is 14.4. The van der Waals surface area contributed by atoms with E-state index in [0.29, 0.717) is 61.9 Å². The Bertz CT molecular complexity index is 1100. The maximum atomic E-state index is 14.4. The van der Waals surface area contributed by atoms with Gasteiger partial charge in [0.25, 0.3) is 0 Å². The lowest BCUT2D eigenvalue weighted by Gasteiger charge is -2.21. The zero-order valence-electron chi connectivity index (χ0n) is 16.2. The van der Waals surface area contributed by atoms with E-state index in [0.717, 1.165) is 11.3 Å². The molecule has 5 rings (SSSR count). The first kappa shape index (κ1) is 18.7. The Hall–Kier alpha value is -3.27. The summed E-state index contributed by atoms with van der Waals surface area (Å²) in [4.78, 5) is 16.9. The molecule has 0 bridgehead atoms. The van der Waals surface area contributed by atoms with Crippen molar-refractivity contribution in [2.45, 2.75) is 25.8 Å². The molecule has 156 valence electrons. The average molecular weight is 412 g/mol. The summed E-state index contributed by atoms with van der Waals surface area (Å²) < 4.78 is 26.9. The van der Waals surface area contributed by atoms with Crippen LogP contribution in [0.3, 0.4) is 0 Å². The smallest absolute Gasteiger partial charge is 0.227 e. The molecule has 0 radical (unpaired) electrons. The molecule has 2 aliphatic rings. The molecule has 4 heterocycles. The van der Waals surface area contributed by atoms with E-state index in [9.17, 15) is 9.18 Å². The van der Waals surface area contributed by atoms with E-state index in [1.807, 2.05) is 0 Å². The number of amides is 1. The van der Waals surface area contributed by atoms with Crippen LogP contribution in [0.1, 0.15) is 24.0 Å². The number of fused-ring (bicyclic) bond motifs is 2. The summed E-state index contributed by atoms with van der Waals surface area (Å²) in [5.41, 5.74) is 2.39. The summed E-state index contributed by atoms with van der Waals surface area (Å²) in [6.45, 7) is 1.97. The first-order valence-electron chi connectivity index (χ1n) is 9.95. The summed E-state index contributed by atoms with van der Waals surface area (Å²) >= 11 is 0. The fourth-order valence-electron chi connectivity index (χ4n) is 3.91. The molecule has 3 aromatic rings. The lowest BCUT2D eigenvalue weighted by Crippen LogP contribution is -2.28. The highest BCUT2D eigenvalue weighted by atomic mass is 19.1. The van der Waals surface area contributed by atoms with Gasteiger partial charge in [-0.05, 0) is 25.0 Å². The van der Waals surface area contributed by atoms with Gasteiger partial charge in [0.15, 0.2) is 5.65 Å². The fraction of sp³-hybridized carbons (Fsp3) is 0.400. The molecule has 2 aromatic heterocycles. The van der Waals surface area contributed by atoms with Gasteiger partial charge in [-0.3, -0.25) is 4.79 Å². The van der Waals surface area contributed by atoms with Crippen molar-refractivity contribution in [2.24, 2.45) is 5.92 Å². The molecule has 1 saturated heterocycles. The third kappa shape index (κ3) is 3.43. The highest BCUT2D eigenvalue weighted by Crippen LogP contribution is 2.30. The number of nitrogens with zero attached hydrogens (tertiary/aromatic N) is 4. The van der Waals surface area contributed by atoms with Crippen LogP contribution in [0.15, 0.2) is 24.7 Å². The van der Waals surface area contributed by atoms with Crippen LogP contribution in [-0.4, -0.2) is 45.3 Å². The van der Waals surface area contributed by atoms with Gasteiger partial charge in [0.1, 0.15) is 23.6 Å². The van der Waals surface area contributed by atoms with Gasteiger partial charge in [-0.2, -0.15) is 0 Å². The average Bonchev–Trinajstić information content (AvgIpc) is 3.45. The largest absolute Gasteiger partial charge is 0.493 e. The fourth-order valence-corrected chi connectivity index (χ4v) is 3.91. The van der Waals surface area contributed by atoms with E-state index < -0.39 is 0 Å². The van der Waals surface area contributed by atoms with Crippen LogP contribution in [0.2, 0.25) is 0 Å². The molecule has 30 heavy (non-hydrogen) atoms. The minimum Gasteiger partial charge on any atom is -0.493 e. The SMILES string of the molecule is O=C(Nc1cnc(NCc2c(F)ccc3c2CCO3)n2cnnc12)C1CCOCC1. The number of halogens is 1. The second-order valence-corrected chi connectivity index (χ2v) is 7.35. The Morgan fingerprint density at radius 1 is 1.27 bits per heavy atom. The van der Waals surface area contributed by atoms with Gasteiger partial charge in [0.2, 0.25) is 11.9 Å². The van der Waals surface area contributed by atoms with E-state index in [1.165, 1.54) is 12.4 Å². The second kappa shape index (κ2) is 7.86. The third-order valence-electron chi connectivity index (χ3n) is 5.55. The van der Waals surface area contributed by atoms with Crippen molar-refractivity contribution in [1.29, 1.82) is 0 Å². The van der Waals surface area contributed by atoms with Crippen LogP contribution in [0.25, 0.3) is 5.65 Å². The Kier molecular flexibility index (Phi) is 4.91. The monoisotopic (exact) mass is 412 g/mol. The van der Waals surface area contributed by atoms with Gasteiger partial charge in [0, 0.05) is 43.2 Å². The van der Waals surface area contributed by atoms with Crippen molar-refractivity contribution >= 4 is 23.2 Å². The van der Waals surface area contributed by atoms with Crippen molar-refractivity contribution in [3.8, 4) is 5.75 Å². The molecule has 0 aliphatic carbocycles. The molecule has 10 heteroatoms. The van der Waals surface area contributed by atoms with E-state index in [2.05, 4.69) is 25.8 Å². The number of ether oxygens (including phenoxy) is 2. The number of carbonyl (C=O) groups excluding carboxylic acids is 1. The molecule has 0 saturated carbocycles. The second-order valence-electron chi connectivity index (χ2n) is 7.35. The molecule has 0 unspecified atom stereocenters. The molecule has 1 fully saturated rings. The van der Waals surface area contributed by atoms with Crippen LogP contribution in [0, 0.1) is 11.7 Å². The number of carbonyl (C=O) groups is 1. The summed E-state index contributed by atoms with van der Waals surface area (Å²) in [6, 6.07) is 3.07. The van der Waals surface area contributed by atoms with Gasteiger partial charge in [-0.15, -0.1) is 10.2 Å². The number of hydrogen-bond acceptors (Lipinski definition) is 7. The van der Waals surface area contributed by atoms with Crippen molar-refractivity contribution in [2.75, 3.05) is 30.5 Å². The normalized spacial score (nSPS) is 16.3. The van der Waals surface area contributed by atoms with Crippen molar-refractivity contribution in [3.05, 3.63) is 41.6 Å². The van der Waals surface area contributed by atoms with Gasteiger partial charge >= 0.3 is 0 Å². The Balaban J connectivity index is 1.36. The summed E-state index contributed by atoms with van der Waals surface area (Å²) in [6.07, 6.45) is 5.11. The topological polar surface area (TPSA) is 103 Å². The van der Waals surface area contributed by atoms with Crippen LogP contribution in [0.4, 0.5) is 16.0 Å². The van der Waals surface area contributed by atoms with Crippen molar-refractivity contribution < 1.29 is 18.7 Å². The zero-order chi connectivity index (χ0) is 20.5. The first-order valence-corrected chi connectivity index (χ1v) is 9.95. The molecule has 1 amide bonds. The van der Waals surface area contributed by atoms with Gasteiger partial charge < -0.3 is 20.1 Å². The Morgan fingerprint density at radius 3 is 3.00 bits per heavy atom. The van der Waals surface area contributed by atoms with E-state index in [-0.39, 0.29) is 24.2 Å². The number of benzene rings is 1. The van der Waals surface area contributed by atoms with Crippen LogP contribution >= 0.6 is 0 Å². The van der Waals surface area contributed by atoms with E-state index in [4.69, 9.17) is 9.47 Å². The first-order chi connectivity index (χ1) is 14.7. The minimum atomic E-state index is -0.285. The lowest BCUT2D eigenvalue weighted by molar-refractivity contribution is -0.122. The zero-order valence-corrected chi connectivity index (χ0v) is 16.2. The Labute approximate surface area is 171 Å². The predicted octanol–water partition coefficient (Wildman–Crippen LogP) is 2.18. The number of aromatic nitrogens is 4. The highest BCUT2D eigenvalue weighted by molar-refractivity contribution is 5.95. The quantitative estimate of drug-likeness (QED) is 0.662. The lowest BCUT2D eigenvalue weighted by atomic mass is 9.99. The minimum absolute atomic E-state index is 0.0763. The third-order valence-corrected chi connectivity index (χ3v) is 5.55. The number of nitrogens with one attached hydrogen (secondary N) is 2. The molecule has 2 aliphatic heterocycles. The molecular formula is C20H21FN6O3. The van der Waals surface area contributed by atoms with Crippen molar-refractivity contribution in [3.63, 3.8) is 0 Å². The summed E-state index contributed by atoms with van der Waals surface area (Å²) in [7, 11) is 0. The standard InChI is InChI=1S/C20H21FN6O3/c21-15-1-2-17-13(5-8-30-17)14(15)9-22-20-23-10-16(18-26-24-11-27(18)20)25-19(28)12-3-6-29-7-4-12/h1-2,10-12H,3-9H2,(H,22,23)(H,25,28). The predicted molar refractivity (Wildman–Crippen MR) is 106 cm³/mol. The van der Waals surface area contributed by atoms with Gasteiger partial charge in [0.05, 0.1) is 12.8 Å². The molecule has 9 nitrogen and oxygen atoms in total. The van der Waals surface area contributed by atoms with Gasteiger partial charge in [-0.1, -0.05) is 0 Å². The maximum Gasteiger partial charge on any atom is 0.227 e. The molecule has 1 aromatic carbocycles. The van der Waals surface area contributed by atoms with Crippen LogP contribution in [0.5, 0.6) is 5.75 Å². The summed E-state index contributed by atoms with van der Waals surface area (Å²) in [5.74, 6) is 0.723. The number of rotatable bonds is 5. The molecule has 0 atom stereocenters. The van der Waals surface area contributed by atoms with Crippen LogP contribution < -0.4 is 15.4 Å². The molecular weight excluding hydrogens is 391 g/mol. The van der Waals surface area contributed by atoms with E-state index in [1.54, 1.807) is 16.7 Å². The van der Waals surface area contributed by atoms with Crippen LogP contribution in [-0.2, 0) is 22.5 Å². The van der Waals surface area contributed by atoms with Crippen molar-refractivity contribution in [1.82, 2.24) is 19.6 Å². The highest BCUT2D eigenvalue weighted by Gasteiger charge is 2.23. The van der Waals surface area contributed by atoms with E-state index >= 15 is 0 Å².